The van der Waals surface area contributed by atoms with Gasteiger partial charge in [0.05, 0.1) is 17.1 Å². The van der Waals surface area contributed by atoms with Crippen LogP contribution in [0.2, 0.25) is 0 Å². The molecule has 1 amide bonds. The minimum absolute atomic E-state index is 0.0601. The van der Waals surface area contributed by atoms with E-state index >= 15 is 0 Å². The molecule has 0 radical (unpaired) electrons. The number of aryl methyl sites for hydroxylation is 1. The van der Waals surface area contributed by atoms with Crippen molar-refractivity contribution in [1.29, 1.82) is 5.26 Å². The molecule has 0 bridgehead atoms. The number of hydrogen-bond acceptors (Lipinski definition) is 8. The number of ether oxygens (including phenoxy) is 1. The van der Waals surface area contributed by atoms with E-state index < -0.39 is 22.4 Å². The third-order valence-electron chi connectivity index (χ3n) is 3.98. The van der Waals surface area contributed by atoms with Gasteiger partial charge in [0.25, 0.3) is 11.6 Å². The molecule has 0 aliphatic carbocycles. The Bertz CT molecular complexity index is 1060. The summed E-state index contributed by atoms with van der Waals surface area (Å²) in [6.45, 7) is 5.32. The van der Waals surface area contributed by atoms with Gasteiger partial charge in [-0.1, -0.05) is 0 Å². The van der Waals surface area contributed by atoms with E-state index in [4.69, 9.17) is 4.74 Å². The summed E-state index contributed by atoms with van der Waals surface area (Å²) in [4.78, 5) is 35.8. The second-order valence-corrected chi connectivity index (χ2v) is 7.06. The Balaban J connectivity index is 2.40. The van der Waals surface area contributed by atoms with E-state index in [-0.39, 0.29) is 34.2 Å². The zero-order valence-electron chi connectivity index (χ0n) is 15.8. The van der Waals surface area contributed by atoms with Gasteiger partial charge in [-0.2, -0.15) is 5.26 Å². The molecule has 1 aromatic heterocycles. The molecule has 0 aliphatic rings. The maximum absolute atomic E-state index is 12.6. The quantitative estimate of drug-likeness (QED) is 0.241. The number of non-ortho nitro benzene ring substituents is 1. The van der Waals surface area contributed by atoms with Crippen molar-refractivity contribution in [3.8, 4) is 11.8 Å². The highest BCUT2D eigenvalue weighted by Crippen LogP contribution is 2.33. The second-order valence-electron chi connectivity index (χ2n) is 5.83. The topological polar surface area (TPSA) is 143 Å². The van der Waals surface area contributed by atoms with Crippen LogP contribution in [0.25, 0.3) is 6.08 Å². The fourth-order valence-electron chi connectivity index (χ4n) is 2.41. The van der Waals surface area contributed by atoms with Crippen LogP contribution in [-0.4, -0.2) is 28.5 Å². The number of rotatable bonds is 6. The lowest BCUT2D eigenvalue weighted by molar-refractivity contribution is -0.384. The van der Waals surface area contributed by atoms with E-state index in [1.165, 1.54) is 0 Å². The number of nitro groups is 1. The maximum atomic E-state index is 12.6. The molecule has 10 heteroatoms. The fraction of sp³-hybridized carbons (Fsp3) is 0.211. The summed E-state index contributed by atoms with van der Waals surface area (Å²) < 4.78 is 5.02. The number of carbonyl (C=O) groups is 2. The number of anilines is 1. The number of esters is 1. The molecule has 0 fully saturated rings. The van der Waals surface area contributed by atoms with E-state index in [9.17, 15) is 30.1 Å². The Morgan fingerprint density at radius 3 is 2.69 bits per heavy atom. The lowest BCUT2D eigenvalue weighted by atomic mass is 10.1. The van der Waals surface area contributed by atoms with Crippen LogP contribution in [0.4, 0.5) is 10.7 Å². The van der Waals surface area contributed by atoms with E-state index in [0.717, 1.165) is 40.5 Å². The molecule has 0 spiro atoms. The number of nitriles is 1. The largest absolute Gasteiger partial charge is 0.507 e. The van der Waals surface area contributed by atoms with Crippen LogP contribution < -0.4 is 5.32 Å². The number of hydrogen-bond donors (Lipinski definition) is 2. The summed E-state index contributed by atoms with van der Waals surface area (Å²) in [5, 5.41) is 32.9. The van der Waals surface area contributed by atoms with Gasteiger partial charge >= 0.3 is 5.97 Å². The van der Waals surface area contributed by atoms with Gasteiger partial charge in [-0.15, -0.1) is 11.3 Å². The molecule has 0 saturated carbocycles. The van der Waals surface area contributed by atoms with Crippen LogP contribution in [0.1, 0.15) is 33.3 Å². The number of benzene rings is 1. The van der Waals surface area contributed by atoms with Gasteiger partial charge in [0.15, 0.2) is 0 Å². The van der Waals surface area contributed by atoms with E-state index in [2.05, 4.69) is 5.32 Å². The number of phenols is 1. The average Bonchev–Trinajstić information content (AvgIpc) is 2.94. The first-order valence-electron chi connectivity index (χ1n) is 8.37. The molecule has 2 rings (SSSR count). The summed E-state index contributed by atoms with van der Waals surface area (Å²) in [6.07, 6.45) is 1.04. The Hall–Kier alpha value is -3.71. The number of carbonyl (C=O) groups excluding carboxylic acids is 2. The number of phenolic OH excluding ortho intramolecular Hbond substituents is 1. The van der Waals surface area contributed by atoms with Crippen molar-refractivity contribution in [3.05, 3.63) is 55.5 Å². The number of thiophene rings is 1. The standard InChI is InChI=1S/C19H17N3O6S/c1-4-28-19(25)16-10(2)11(3)29-18(16)21-17(24)13(9-20)7-12-8-14(22(26)27)5-6-15(12)23/h5-8,23H,4H2,1-3H3,(H,21,24)/b13-7+. The smallest absolute Gasteiger partial charge is 0.341 e. The van der Waals surface area contributed by atoms with Gasteiger partial charge in [-0.3, -0.25) is 14.9 Å². The van der Waals surface area contributed by atoms with Crippen molar-refractivity contribution in [2.24, 2.45) is 0 Å². The number of amides is 1. The number of nitro benzene ring substituents is 1. The predicted molar refractivity (Wildman–Crippen MR) is 107 cm³/mol. The Kier molecular flexibility index (Phi) is 6.69. The number of nitrogens with zero attached hydrogens (tertiary/aromatic N) is 2. The first-order valence-corrected chi connectivity index (χ1v) is 9.18. The van der Waals surface area contributed by atoms with E-state index in [1.54, 1.807) is 26.8 Å². The van der Waals surface area contributed by atoms with Crippen LogP contribution in [-0.2, 0) is 9.53 Å². The summed E-state index contributed by atoms with van der Waals surface area (Å²) >= 11 is 1.16. The average molecular weight is 415 g/mol. The molecule has 150 valence electrons. The lowest BCUT2D eigenvalue weighted by Crippen LogP contribution is -2.16. The fourth-order valence-corrected chi connectivity index (χ4v) is 3.45. The van der Waals surface area contributed by atoms with Gasteiger partial charge in [0.1, 0.15) is 22.4 Å². The van der Waals surface area contributed by atoms with Crippen molar-refractivity contribution in [3.63, 3.8) is 0 Å². The van der Waals surface area contributed by atoms with Gasteiger partial charge in [-0.05, 0) is 38.5 Å². The Morgan fingerprint density at radius 1 is 1.41 bits per heavy atom. The van der Waals surface area contributed by atoms with E-state index in [0.29, 0.717) is 5.56 Å². The Morgan fingerprint density at radius 2 is 2.10 bits per heavy atom. The van der Waals surface area contributed by atoms with Crippen molar-refractivity contribution in [1.82, 2.24) is 0 Å². The van der Waals surface area contributed by atoms with Gasteiger partial charge < -0.3 is 15.2 Å². The SMILES string of the molecule is CCOC(=O)c1c(NC(=O)/C(C#N)=C/c2cc([N+](=O)[O-])ccc2O)sc(C)c1C. The van der Waals surface area contributed by atoms with Crippen molar-refractivity contribution < 1.29 is 24.4 Å². The van der Waals surface area contributed by atoms with Gasteiger partial charge in [0.2, 0.25) is 0 Å². The molecule has 0 aliphatic heterocycles. The maximum Gasteiger partial charge on any atom is 0.341 e. The minimum Gasteiger partial charge on any atom is -0.507 e. The second kappa shape index (κ2) is 8.99. The summed E-state index contributed by atoms with van der Waals surface area (Å²) in [5.41, 5.74) is 0.0935. The molecule has 29 heavy (non-hydrogen) atoms. The highest BCUT2D eigenvalue weighted by molar-refractivity contribution is 7.16. The number of nitrogens with one attached hydrogen (secondary N) is 1. The molecule has 9 nitrogen and oxygen atoms in total. The number of aromatic hydroxyl groups is 1. The van der Waals surface area contributed by atoms with E-state index in [1.807, 2.05) is 0 Å². The van der Waals surface area contributed by atoms with Crippen LogP contribution in [0, 0.1) is 35.3 Å². The monoisotopic (exact) mass is 415 g/mol. The minimum atomic E-state index is -0.829. The molecular weight excluding hydrogens is 398 g/mol. The lowest BCUT2D eigenvalue weighted by Gasteiger charge is -2.07. The zero-order chi connectivity index (χ0) is 21.7. The molecular formula is C19H17N3O6S. The third kappa shape index (κ3) is 4.77. The van der Waals surface area contributed by atoms with Crippen molar-refractivity contribution in [2.45, 2.75) is 20.8 Å². The molecule has 1 aromatic carbocycles. The first-order chi connectivity index (χ1) is 13.7. The van der Waals surface area contributed by atoms with Crippen LogP contribution in [0.5, 0.6) is 5.75 Å². The van der Waals surface area contributed by atoms with Gasteiger partial charge in [0, 0.05) is 22.6 Å². The third-order valence-corrected chi connectivity index (χ3v) is 5.10. The molecule has 0 saturated heterocycles. The van der Waals surface area contributed by atoms with Crippen molar-refractivity contribution in [2.75, 3.05) is 11.9 Å². The summed E-state index contributed by atoms with van der Waals surface area (Å²) in [5.74, 6) is -1.75. The molecule has 2 N–H and O–H groups in total. The van der Waals surface area contributed by atoms with Crippen LogP contribution in [0.3, 0.4) is 0 Å². The Labute approximate surface area is 170 Å². The van der Waals surface area contributed by atoms with Crippen LogP contribution >= 0.6 is 11.3 Å². The molecule has 2 aromatic rings. The van der Waals surface area contributed by atoms with Crippen LogP contribution in [0.15, 0.2) is 23.8 Å². The van der Waals surface area contributed by atoms with Gasteiger partial charge in [-0.25, -0.2) is 4.79 Å². The molecule has 0 unspecified atom stereocenters. The molecule has 0 atom stereocenters. The summed E-state index contributed by atoms with van der Waals surface area (Å²) in [6, 6.07) is 4.94. The molecule has 1 heterocycles. The highest BCUT2D eigenvalue weighted by atomic mass is 32.1. The first kappa shape index (κ1) is 21.6. The highest BCUT2D eigenvalue weighted by Gasteiger charge is 2.23. The van der Waals surface area contributed by atoms with Crippen molar-refractivity contribution >= 4 is 40.0 Å². The predicted octanol–water partition coefficient (Wildman–Crippen LogP) is 3.70. The zero-order valence-corrected chi connectivity index (χ0v) is 16.6. The summed E-state index contributed by atoms with van der Waals surface area (Å²) in [7, 11) is 0. The normalized spacial score (nSPS) is 10.9.